The third kappa shape index (κ3) is 6.02. The van der Waals surface area contributed by atoms with Gasteiger partial charge in [-0.15, -0.1) is 0 Å². The molecule has 5 nitrogen and oxygen atoms in total. The Balaban J connectivity index is 1.67. The maximum absolute atomic E-state index is 12.1. The van der Waals surface area contributed by atoms with Gasteiger partial charge in [0.15, 0.2) is 9.84 Å². The van der Waals surface area contributed by atoms with Crippen LogP contribution in [0.1, 0.15) is 0 Å². The van der Waals surface area contributed by atoms with Crippen molar-refractivity contribution in [3.8, 4) is 5.75 Å². The topological polar surface area (TPSA) is 75.6 Å². The number of hydrogen-bond donors (Lipinski definition) is 2. The first-order chi connectivity index (χ1) is 11.1. The lowest BCUT2D eigenvalue weighted by atomic mass is 10.3. The largest absolute Gasteiger partial charge is 0.491 e. The maximum atomic E-state index is 12.1. The highest BCUT2D eigenvalue weighted by atomic mass is 32.2. The molecule has 6 heteroatoms. The summed E-state index contributed by atoms with van der Waals surface area (Å²) in [6.07, 6.45) is -0.699. The average Bonchev–Trinajstić information content (AvgIpc) is 2.59. The van der Waals surface area contributed by atoms with Gasteiger partial charge >= 0.3 is 0 Å². The van der Waals surface area contributed by atoms with Crippen LogP contribution in [-0.2, 0) is 9.84 Å². The van der Waals surface area contributed by atoms with Gasteiger partial charge < -0.3 is 15.2 Å². The molecule has 0 aliphatic carbocycles. The van der Waals surface area contributed by atoms with Crippen molar-refractivity contribution in [3.05, 3.63) is 60.7 Å². The molecule has 2 aromatic rings. The van der Waals surface area contributed by atoms with Crippen molar-refractivity contribution in [2.75, 3.05) is 25.4 Å². The predicted octanol–water partition coefficient (Wildman–Crippen LogP) is 1.49. The second kappa shape index (κ2) is 8.67. The smallest absolute Gasteiger partial charge is 0.179 e. The summed E-state index contributed by atoms with van der Waals surface area (Å²) in [5.74, 6) is 0.682. The van der Waals surface area contributed by atoms with E-state index in [1.54, 1.807) is 30.3 Å². The van der Waals surface area contributed by atoms with E-state index in [1.165, 1.54) is 0 Å². The Hall–Kier alpha value is -1.89. The third-order valence-electron chi connectivity index (χ3n) is 3.22. The SMILES string of the molecule is O=S(=O)(CCNC[C@H](O)COc1ccccc1)c1ccccc1. The summed E-state index contributed by atoms with van der Waals surface area (Å²) < 4.78 is 29.5. The molecule has 0 saturated heterocycles. The molecule has 2 aromatic carbocycles. The molecular weight excluding hydrogens is 314 g/mol. The highest BCUT2D eigenvalue weighted by Crippen LogP contribution is 2.09. The van der Waals surface area contributed by atoms with E-state index >= 15 is 0 Å². The summed E-state index contributed by atoms with van der Waals surface area (Å²) in [7, 11) is -3.29. The molecule has 0 heterocycles. The van der Waals surface area contributed by atoms with Crippen LogP contribution in [0.4, 0.5) is 0 Å². The molecule has 0 spiro atoms. The average molecular weight is 335 g/mol. The quantitative estimate of drug-likeness (QED) is 0.679. The number of aliphatic hydroxyl groups is 1. The van der Waals surface area contributed by atoms with Crippen LogP contribution in [0.5, 0.6) is 5.75 Å². The molecule has 0 bridgehead atoms. The van der Waals surface area contributed by atoms with Gasteiger partial charge in [-0.25, -0.2) is 8.42 Å². The van der Waals surface area contributed by atoms with Gasteiger partial charge in [-0.3, -0.25) is 0 Å². The minimum Gasteiger partial charge on any atom is -0.491 e. The number of benzene rings is 2. The Kier molecular flexibility index (Phi) is 6.58. The van der Waals surface area contributed by atoms with Crippen molar-refractivity contribution >= 4 is 9.84 Å². The van der Waals surface area contributed by atoms with Crippen LogP contribution >= 0.6 is 0 Å². The molecule has 0 aromatic heterocycles. The summed E-state index contributed by atoms with van der Waals surface area (Å²) in [6, 6.07) is 17.6. The zero-order valence-electron chi connectivity index (χ0n) is 12.8. The normalized spacial score (nSPS) is 12.7. The molecule has 2 N–H and O–H groups in total. The second-order valence-electron chi connectivity index (χ2n) is 5.11. The Morgan fingerprint density at radius 1 is 1.00 bits per heavy atom. The number of ether oxygens (including phenoxy) is 1. The van der Waals surface area contributed by atoms with Crippen LogP contribution in [0.2, 0.25) is 0 Å². The van der Waals surface area contributed by atoms with Crippen LogP contribution < -0.4 is 10.1 Å². The Bertz CT molecular complexity index is 674. The monoisotopic (exact) mass is 335 g/mol. The highest BCUT2D eigenvalue weighted by molar-refractivity contribution is 7.91. The number of hydrogen-bond acceptors (Lipinski definition) is 5. The zero-order valence-corrected chi connectivity index (χ0v) is 13.6. The summed E-state index contributed by atoms with van der Waals surface area (Å²) in [6.45, 7) is 0.708. The molecule has 0 radical (unpaired) electrons. The minimum absolute atomic E-state index is 0.0106. The molecule has 0 amide bonds. The molecule has 124 valence electrons. The zero-order chi connectivity index (χ0) is 16.5. The van der Waals surface area contributed by atoms with E-state index in [9.17, 15) is 13.5 Å². The van der Waals surface area contributed by atoms with Crippen molar-refractivity contribution in [2.24, 2.45) is 0 Å². The number of nitrogens with one attached hydrogen (secondary N) is 1. The van der Waals surface area contributed by atoms with Crippen LogP contribution in [0.15, 0.2) is 65.6 Å². The number of sulfone groups is 1. The van der Waals surface area contributed by atoms with E-state index in [0.29, 0.717) is 10.6 Å². The maximum Gasteiger partial charge on any atom is 0.179 e. The number of rotatable bonds is 9. The third-order valence-corrected chi connectivity index (χ3v) is 4.95. The fourth-order valence-electron chi connectivity index (χ4n) is 1.99. The van der Waals surface area contributed by atoms with E-state index in [0.717, 1.165) is 0 Å². The molecule has 23 heavy (non-hydrogen) atoms. The first-order valence-electron chi connectivity index (χ1n) is 7.42. The number of aliphatic hydroxyl groups excluding tert-OH is 1. The first kappa shape index (κ1) is 17.5. The molecule has 0 saturated carbocycles. The van der Waals surface area contributed by atoms with Crippen molar-refractivity contribution in [3.63, 3.8) is 0 Å². The van der Waals surface area contributed by atoms with Gasteiger partial charge in [-0.1, -0.05) is 36.4 Å². The van der Waals surface area contributed by atoms with Gasteiger partial charge in [0.05, 0.1) is 10.6 Å². The van der Waals surface area contributed by atoms with Gasteiger partial charge in [0, 0.05) is 13.1 Å². The van der Waals surface area contributed by atoms with E-state index in [4.69, 9.17) is 4.74 Å². The Morgan fingerprint density at radius 2 is 1.61 bits per heavy atom. The Labute approximate surface area is 136 Å². The number of para-hydroxylation sites is 1. The van der Waals surface area contributed by atoms with Gasteiger partial charge in [0.25, 0.3) is 0 Å². The van der Waals surface area contributed by atoms with Crippen molar-refractivity contribution < 1.29 is 18.3 Å². The molecule has 0 aliphatic rings. The first-order valence-corrected chi connectivity index (χ1v) is 9.07. The molecule has 0 aliphatic heterocycles. The second-order valence-corrected chi connectivity index (χ2v) is 7.22. The van der Waals surface area contributed by atoms with E-state index in [2.05, 4.69) is 5.32 Å². The van der Waals surface area contributed by atoms with E-state index in [1.807, 2.05) is 30.3 Å². The fraction of sp³-hybridized carbons (Fsp3) is 0.294. The van der Waals surface area contributed by atoms with Crippen molar-refractivity contribution in [1.29, 1.82) is 0 Å². The van der Waals surface area contributed by atoms with Gasteiger partial charge in [-0.05, 0) is 24.3 Å². The molecule has 2 rings (SSSR count). The molecule has 0 fully saturated rings. The van der Waals surface area contributed by atoms with Gasteiger partial charge in [0.1, 0.15) is 18.5 Å². The lowest BCUT2D eigenvalue weighted by molar-refractivity contribution is 0.107. The minimum atomic E-state index is -3.29. The van der Waals surface area contributed by atoms with Gasteiger partial charge in [0.2, 0.25) is 0 Å². The summed E-state index contributed by atoms with van der Waals surface area (Å²) in [5, 5.41) is 12.8. The predicted molar refractivity (Wildman–Crippen MR) is 89.3 cm³/mol. The lowest BCUT2D eigenvalue weighted by Gasteiger charge is -2.13. The highest BCUT2D eigenvalue weighted by Gasteiger charge is 2.13. The molecular formula is C17H21NO4S. The standard InChI is InChI=1S/C17H21NO4S/c19-15(14-22-16-7-3-1-4-8-16)13-18-11-12-23(20,21)17-9-5-2-6-10-17/h1-10,15,18-19H,11-14H2/t15-/m0/s1. The molecule has 1 atom stereocenters. The van der Waals surface area contributed by atoms with Crippen LogP contribution in [0, 0.1) is 0 Å². The van der Waals surface area contributed by atoms with Crippen LogP contribution in [0.25, 0.3) is 0 Å². The summed E-state index contributed by atoms with van der Waals surface area (Å²) >= 11 is 0. The van der Waals surface area contributed by atoms with Crippen LogP contribution in [-0.4, -0.2) is 45.1 Å². The van der Waals surface area contributed by atoms with E-state index in [-0.39, 0.29) is 25.4 Å². The van der Waals surface area contributed by atoms with Crippen molar-refractivity contribution in [1.82, 2.24) is 5.32 Å². The van der Waals surface area contributed by atoms with Crippen molar-refractivity contribution in [2.45, 2.75) is 11.0 Å². The lowest BCUT2D eigenvalue weighted by Crippen LogP contribution is -2.34. The Morgan fingerprint density at radius 3 is 2.26 bits per heavy atom. The van der Waals surface area contributed by atoms with E-state index < -0.39 is 15.9 Å². The summed E-state index contributed by atoms with van der Waals surface area (Å²) in [5.41, 5.74) is 0. The summed E-state index contributed by atoms with van der Waals surface area (Å²) in [4.78, 5) is 0.315. The fourth-order valence-corrected chi connectivity index (χ4v) is 3.21. The van der Waals surface area contributed by atoms with Crippen LogP contribution in [0.3, 0.4) is 0 Å². The molecule has 0 unspecified atom stereocenters. The van der Waals surface area contributed by atoms with Gasteiger partial charge in [-0.2, -0.15) is 0 Å².